The first-order valence-corrected chi connectivity index (χ1v) is 8.19. The van der Waals surface area contributed by atoms with Gasteiger partial charge in [-0.3, -0.25) is 4.79 Å². The molecule has 0 bridgehead atoms. The molecule has 0 unspecified atom stereocenters. The van der Waals surface area contributed by atoms with Crippen LogP contribution >= 0.6 is 0 Å². The zero-order valence-corrected chi connectivity index (χ0v) is 14.4. The van der Waals surface area contributed by atoms with Crippen LogP contribution < -0.4 is 0 Å². The van der Waals surface area contributed by atoms with Gasteiger partial charge in [-0.15, -0.1) is 0 Å². The van der Waals surface area contributed by atoms with Gasteiger partial charge in [0.25, 0.3) is 5.91 Å². The Morgan fingerprint density at radius 1 is 1.12 bits per heavy atom. The summed E-state index contributed by atoms with van der Waals surface area (Å²) in [6, 6.07) is 17.6. The van der Waals surface area contributed by atoms with Gasteiger partial charge in [0.1, 0.15) is 5.69 Å². The van der Waals surface area contributed by atoms with Gasteiger partial charge in [0.05, 0.1) is 17.9 Å². The molecule has 3 rings (SSSR count). The number of para-hydroxylation sites is 1. The highest BCUT2D eigenvalue weighted by atomic mass is 16.3. The number of aryl methyl sites for hydroxylation is 1. The molecule has 0 radical (unpaired) electrons. The minimum Gasteiger partial charge on any atom is -0.395 e. The number of rotatable bonds is 5. The summed E-state index contributed by atoms with van der Waals surface area (Å²) in [5.41, 5.74) is 4.05. The largest absolute Gasteiger partial charge is 0.395 e. The van der Waals surface area contributed by atoms with E-state index in [4.69, 9.17) is 5.11 Å². The molecule has 0 atom stereocenters. The second-order valence-electron chi connectivity index (χ2n) is 5.94. The summed E-state index contributed by atoms with van der Waals surface area (Å²) in [5, 5.41) is 13.8. The Bertz CT molecular complexity index is 872. The van der Waals surface area contributed by atoms with E-state index in [1.807, 2.05) is 61.5 Å². The molecule has 2 aromatic carbocycles. The smallest absolute Gasteiger partial charge is 0.257 e. The maximum absolute atomic E-state index is 12.8. The van der Waals surface area contributed by atoms with Crippen LogP contribution in [0.15, 0.2) is 60.8 Å². The molecule has 0 fully saturated rings. The summed E-state index contributed by atoms with van der Waals surface area (Å²) in [4.78, 5) is 14.4. The van der Waals surface area contributed by atoms with E-state index in [0.29, 0.717) is 11.3 Å². The molecule has 1 heterocycles. The van der Waals surface area contributed by atoms with Crippen molar-refractivity contribution in [3.8, 4) is 16.9 Å². The highest BCUT2D eigenvalue weighted by Crippen LogP contribution is 2.27. The molecule has 0 spiro atoms. The number of likely N-dealkylation sites (N-methyl/N-ethyl adjacent to an activating group) is 1. The summed E-state index contributed by atoms with van der Waals surface area (Å²) < 4.78 is 1.72. The van der Waals surface area contributed by atoms with E-state index in [1.54, 1.807) is 17.9 Å². The van der Waals surface area contributed by atoms with E-state index in [-0.39, 0.29) is 19.1 Å². The highest BCUT2D eigenvalue weighted by Gasteiger charge is 2.22. The average Bonchev–Trinajstić information content (AvgIpc) is 3.07. The molecule has 25 heavy (non-hydrogen) atoms. The van der Waals surface area contributed by atoms with Gasteiger partial charge in [-0.25, -0.2) is 4.68 Å². The molecule has 128 valence electrons. The number of benzene rings is 2. The summed E-state index contributed by atoms with van der Waals surface area (Å²) in [6.07, 6.45) is 1.76. The average molecular weight is 335 g/mol. The third-order valence-corrected chi connectivity index (χ3v) is 4.15. The number of carbonyl (C=O) groups excluding carboxylic acids is 1. The first-order valence-electron chi connectivity index (χ1n) is 8.19. The Balaban J connectivity index is 2.13. The van der Waals surface area contributed by atoms with Crippen LogP contribution in [0.25, 0.3) is 16.9 Å². The lowest BCUT2D eigenvalue weighted by Crippen LogP contribution is -2.29. The standard InChI is InChI=1S/C20H21N3O2/c1-15-8-6-7-11-17(15)19-18(20(25)22(2)12-13-24)14-23(21-19)16-9-4-3-5-10-16/h3-11,14,24H,12-13H2,1-2H3. The number of hydrogen-bond donors (Lipinski definition) is 1. The lowest BCUT2D eigenvalue weighted by molar-refractivity contribution is 0.0767. The molecule has 3 aromatic rings. The van der Waals surface area contributed by atoms with Crippen LogP contribution in [0.2, 0.25) is 0 Å². The molecule has 0 aliphatic heterocycles. The van der Waals surface area contributed by atoms with Gasteiger partial charge in [0, 0.05) is 25.4 Å². The van der Waals surface area contributed by atoms with Gasteiger partial charge in [-0.1, -0.05) is 42.5 Å². The van der Waals surface area contributed by atoms with Crippen molar-refractivity contribution in [1.82, 2.24) is 14.7 Å². The second-order valence-corrected chi connectivity index (χ2v) is 5.94. The minimum atomic E-state index is -0.158. The van der Waals surface area contributed by atoms with Crippen molar-refractivity contribution in [1.29, 1.82) is 0 Å². The quantitative estimate of drug-likeness (QED) is 0.780. The molecular formula is C20H21N3O2. The Morgan fingerprint density at radius 3 is 2.48 bits per heavy atom. The lowest BCUT2D eigenvalue weighted by Gasteiger charge is -2.15. The zero-order valence-electron chi connectivity index (χ0n) is 14.4. The number of aliphatic hydroxyl groups excluding tert-OH is 1. The monoisotopic (exact) mass is 335 g/mol. The third kappa shape index (κ3) is 3.46. The third-order valence-electron chi connectivity index (χ3n) is 4.15. The molecule has 1 N–H and O–H groups in total. The number of hydrogen-bond acceptors (Lipinski definition) is 3. The van der Waals surface area contributed by atoms with Crippen molar-refractivity contribution < 1.29 is 9.90 Å². The summed E-state index contributed by atoms with van der Waals surface area (Å²) in [5.74, 6) is -0.158. The maximum Gasteiger partial charge on any atom is 0.257 e. The normalized spacial score (nSPS) is 10.7. The van der Waals surface area contributed by atoms with Gasteiger partial charge in [0.15, 0.2) is 0 Å². The van der Waals surface area contributed by atoms with Gasteiger partial charge >= 0.3 is 0 Å². The SMILES string of the molecule is Cc1ccccc1-c1nn(-c2ccccc2)cc1C(=O)N(C)CCO. The Labute approximate surface area is 147 Å². The molecule has 1 amide bonds. The number of amides is 1. The fraction of sp³-hybridized carbons (Fsp3) is 0.200. The molecular weight excluding hydrogens is 314 g/mol. The summed E-state index contributed by atoms with van der Waals surface area (Å²) in [6.45, 7) is 2.21. The van der Waals surface area contributed by atoms with E-state index >= 15 is 0 Å². The summed E-state index contributed by atoms with van der Waals surface area (Å²) >= 11 is 0. The van der Waals surface area contributed by atoms with E-state index in [9.17, 15) is 4.79 Å². The second kappa shape index (κ2) is 7.32. The van der Waals surface area contributed by atoms with E-state index in [1.165, 1.54) is 4.90 Å². The molecule has 5 heteroatoms. The first-order chi connectivity index (χ1) is 12.1. The van der Waals surface area contributed by atoms with Crippen LogP contribution in [0.4, 0.5) is 0 Å². The molecule has 5 nitrogen and oxygen atoms in total. The van der Waals surface area contributed by atoms with Crippen molar-refractivity contribution in [2.45, 2.75) is 6.92 Å². The highest BCUT2D eigenvalue weighted by molar-refractivity contribution is 6.00. The maximum atomic E-state index is 12.8. The van der Waals surface area contributed by atoms with E-state index in [2.05, 4.69) is 5.10 Å². The van der Waals surface area contributed by atoms with Crippen LogP contribution in [0.5, 0.6) is 0 Å². The zero-order chi connectivity index (χ0) is 17.8. The molecule has 0 aliphatic rings. The van der Waals surface area contributed by atoms with E-state index in [0.717, 1.165) is 16.8 Å². The van der Waals surface area contributed by atoms with Crippen LogP contribution in [-0.4, -0.2) is 45.9 Å². The predicted octanol–water partition coefficient (Wildman–Crippen LogP) is 2.91. The van der Waals surface area contributed by atoms with Gasteiger partial charge in [-0.05, 0) is 24.6 Å². The van der Waals surface area contributed by atoms with Crippen molar-refractivity contribution in [3.05, 3.63) is 71.9 Å². The Hall–Kier alpha value is -2.92. The van der Waals surface area contributed by atoms with Crippen LogP contribution in [0.3, 0.4) is 0 Å². The number of aliphatic hydroxyl groups is 1. The van der Waals surface area contributed by atoms with Crippen molar-refractivity contribution >= 4 is 5.91 Å². The lowest BCUT2D eigenvalue weighted by atomic mass is 10.0. The van der Waals surface area contributed by atoms with Gasteiger partial charge in [-0.2, -0.15) is 5.10 Å². The van der Waals surface area contributed by atoms with Crippen LogP contribution in [-0.2, 0) is 0 Å². The number of nitrogens with zero attached hydrogens (tertiary/aromatic N) is 3. The Kier molecular flexibility index (Phi) is 4.95. The fourth-order valence-electron chi connectivity index (χ4n) is 2.74. The Morgan fingerprint density at radius 2 is 1.80 bits per heavy atom. The van der Waals surface area contributed by atoms with Gasteiger partial charge in [0.2, 0.25) is 0 Å². The van der Waals surface area contributed by atoms with Gasteiger partial charge < -0.3 is 10.0 Å². The number of aromatic nitrogens is 2. The van der Waals surface area contributed by atoms with Crippen molar-refractivity contribution in [2.24, 2.45) is 0 Å². The van der Waals surface area contributed by atoms with Crippen molar-refractivity contribution in [3.63, 3.8) is 0 Å². The van der Waals surface area contributed by atoms with E-state index < -0.39 is 0 Å². The molecule has 1 aromatic heterocycles. The minimum absolute atomic E-state index is 0.0746. The topological polar surface area (TPSA) is 58.4 Å². The van der Waals surface area contributed by atoms with Crippen LogP contribution in [0, 0.1) is 6.92 Å². The summed E-state index contributed by atoms with van der Waals surface area (Å²) in [7, 11) is 1.68. The first kappa shape index (κ1) is 16.9. The number of carbonyl (C=O) groups is 1. The molecule has 0 aliphatic carbocycles. The molecule has 0 saturated carbocycles. The molecule has 0 saturated heterocycles. The fourth-order valence-corrected chi connectivity index (χ4v) is 2.74. The van der Waals surface area contributed by atoms with Crippen LogP contribution in [0.1, 0.15) is 15.9 Å². The van der Waals surface area contributed by atoms with Crippen molar-refractivity contribution in [2.75, 3.05) is 20.2 Å². The predicted molar refractivity (Wildman–Crippen MR) is 97.8 cm³/mol.